The van der Waals surface area contributed by atoms with Gasteiger partial charge in [-0.05, 0) is 6.92 Å². The Bertz CT molecular complexity index is 737. The lowest BCUT2D eigenvalue weighted by Crippen LogP contribution is -2.01. The maximum absolute atomic E-state index is 4.70. The van der Waals surface area contributed by atoms with E-state index in [-0.39, 0.29) is 0 Å². The Morgan fingerprint density at radius 1 is 1.10 bits per heavy atom. The zero-order valence-electron chi connectivity index (χ0n) is 12.0. The maximum Gasteiger partial charge on any atom is 0.129 e. The fraction of sp³-hybridized carbons (Fsp3) is 0.188. The van der Waals surface area contributed by atoms with Gasteiger partial charge in [-0.25, -0.2) is 15.0 Å². The molecule has 0 radical (unpaired) electrons. The second-order valence-corrected chi connectivity index (χ2v) is 5.65. The molecule has 0 fully saturated rings. The fourth-order valence-electron chi connectivity index (χ4n) is 2.14. The number of aromatic nitrogens is 3. The minimum Gasteiger partial charge on any atom is -0.373 e. The molecule has 3 aromatic rings. The van der Waals surface area contributed by atoms with Crippen molar-refractivity contribution in [3.63, 3.8) is 0 Å². The third kappa shape index (κ3) is 3.25. The van der Waals surface area contributed by atoms with Crippen molar-refractivity contribution in [2.24, 2.45) is 0 Å². The molecular weight excluding hydrogens is 280 g/mol. The van der Waals surface area contributed by atoms with Crippen LogP contribution in [0.15, 0.2) is 41.8 Å². The van der Waals surface area contributed by atoms with Crippen LogP contribution in [0.3, 0.4) is 0 Å². The fourth-order valence-corrected chi connectivity index (χ4v) is 2.96. The third-order valence-corrected chi connectivity index (χ3v) is 3.95. The van der Waals surface area contributed by atoms with Gasteiger partial charge in [0.15, 0.2) is 0 Å². The van der Waals surface area contributed by atoms with Gasteiger partial charge >= 0.3 is 0 Å². The Morgan fingerprint density at radius 2 is 1.90 bits per heavy atom. The molecule has 3 rings (SSSR count). The van der Waals surface area contributed by atoms with E-state index in [0.29, 0.717) is 0 Å². The van der Waals surface area contributed by atoms with Crippen LogP contribution in [0, 0.1) is 6.92 Å². The molecule has 0 aliphatic carbocycles. The van der Waals surface area contributed by atoms with Gasteiger partial charge in [0.1, 0.15) is 11.6 Å². The number of hydrogen-bond donors (Lipinski definition) is 1. The molecule has 1 aromatic carbocycles. The van der Waals surface area contributed by atoms with Crippen molar-refractivity contribution in [3.8, 4) is 11.3 Å². The van der Waals surface area contributed by atoms with Gasteiger partial charge in [0.2, 0.25) is 0 Å². The highest BCUT2D eigenvalue weighted by Gasteiger charge is 2.07. The SMILES string of the molecule is CNc1cc(Cc2nc(-c3ccccc3)cs2)nc(C)n1. The lowest BCUT2D eigenvalue weighted by atomic mass is 10.2. The number of rotatable bonds is 4. The van der Waals surface area contributed by atoms with E-state index < -0.39 is 0 Å². The molecule has 0 aliphatic heterocycles. The molecule has 4 nitrogen and oxygen atoms in total. The van der Waals surface area contributed by atoms with Crippen LogP contribution in [0.2, 0.25) is 0 Å². The molecule has 0 atom stereocenters. The van der Waals surface area contributed by atoms with Crippen LogP contribution in [0.4, 0.5) is 5.82 Å². The van der Waals surface area contributed by atoms with Crippen LogP contribution in [-0.2, 0) is 6.42 Å². The van der Waals surface area contributed by atoms with E-state index in [1.807, 2.05) is 38.2 Å². The normalized spacial score (nSPS) is 10.6. The monoisotopic (exact) mass is 296 g/mol. The number of benzene rings is 1. The molecule has 0 spiro atoms. The summed E-state index contributed by atoms with van der Waals surface area (Å²) >= 11 is 1.67. The van der Waals surface area contributed by atoms with Crippen molar-refractivity contribution in [2.75, 3.05) is 12.4 Å². The number of thiazole rings is 1. The average molecular weight is 296 g/mol. The Hall–Kier alpha value is -2.27. The molecule has 1 N–H and O–H groups in total. The first kappa shape index (κ1) is 13.7. The standard InChI is InChI=1S/C16H16N4S/c1-11-18-13(8-15(17-2)19-11)9-16-20-14(10-21-16)12-6-4-3-5-7-12/h3-8,10H,9H2,1-2H3,(H,17,18,19). The minimum absolute atomic E-state index is 0.732. The summed E-state index contributed by atoms with van der Waals surface area (Å²) in [6.45, 7) is 1.90. The van der Waals surface area contributed by atoms with Crippen molar-refractivity contribution in [1.82, 2.24) is 15.0 Å². The first-order valence-corrected chi connectivity index (χ1v) is 7.64. The smallest absolute Gasteiger partial charge is 0.129 e. The summed E-state index contributed by atoms with van der Waals surface area (Å²) in [6.07, 6.45) is 0.732. The molecule has 0 amide bonds. The van der Waals surface area contributed by atoms with Gasteiger partial charge in [0.25, 0.3) is 0 Å². The van der Waals surface area contributed by atoms with Crippen LogP contribution in [-0.4, -0.2) is 22.0 Å². The van der Waals surface area contributed by atoms with E-state index in [1.165, 1.54) is 0 Å². The van der Waals surface area contributed by atoms with E-state index in [9.17, 15) is 0 Å². The zero-order chi connectivity index (χ0) is 14.7. The Balaban J connectivity index is 1.83. The van der Waals surface area contributed by atoms with Crippen LogP contribution in [0.5, 0.6) is 0 Å². The number of nitrogens with zero attached hydrogens (tertiary/aromatic N) is 3. The highest BCUT2D eigenvalue weighted by Crippen LogP contribution is 2.23. The van der Waals surface area contributed by atoms with E-state index >= 15 is 0 Å². The lowest BCUT2D eigenvalue weighted by Gasteiger charge is -2.04. The van der Waals surface area contributed by atoms with Crippen molar-refractivity contribution < 1.29 is 0 Å². The Kier molecular flexibility index (Phi) is 3.92. The van der Waals surface area contributed by atoms with Gasteiger partial charge in [-0.2, -0.15) is 0 Å². The highest BCUT2D eigenvalue weighted by molar-refractivity contribution is 7.10. The lowest BCUT2D eigenvalue weighted by molar-refractivity contribution is 0.963. The van der Waals surface area contributed by atoms with E-state index in [1.54, 1.807) is 11.3 Å². The Morgan fingerprint density at radius 3 is 2.67 bits per heavy atom. The van der Waals surface area contributed by atoms with E-state index in [4.69, 9.17) is 4.98 Å². The largest absolute Gasteiger partial charge is 0.373 e. The number of nitrogens with one attached hydrogen (secondary N) is 1. The van der Waals surface area contributed by atoms with Gasteiger partial charge in [-0.3, -0.25) is 0 Å². The first-order chi connectivity index (χ1) is 10.2. The average Bonchev–Trinajstić information content (AvgIpc) is 2.96. The Labute approximate surface area is 127 Å². The van der Waals surface area contributed by atoms with E-state index in [0.717, 1.165) is 40.0 Å². The zero-order valence-corrected chi connectivity index (χ0v) is 12.8. The molecule has 0 unspecified atom stereocenters. The third-order valence-electron chi connectivity index (χ3n) is 3.10. The van der Waals surface area contributed by atoms with Gasteiger partial charge in [-0.15, -0.1) is 11.3 Å². The van der Waals surface area contributed by atoms with Crippen molar-refractivity contribution in [1.29, 1.82) is 0 Å². The summed E-state index contributed by atoms with van der Waals surface area (Å²) in [5.41, 5.74) is 3.16. The molecule has 0 bridgehead atoms. The predicted molar refractivity (Wildman–Crippen MR) is 86.7 cm³/mol. The van der Waals surface area contributed by atoms with Crippen LogP contribution in [0.25, 0.3) is 11.3 Å². The van der Waals surface area contributed by atoms with Gasteiger partial charge in [-0.1, -0.05) is 30.3 Å². The molecule has 0 saturated heterocycles. The van der Waals surface area contributed by atoms with Crippen LogP contribution in [0.1, 0.15) is 16.5 Å². The summed E-state index contributed by atoms with van der Waals surface area (Å²) in [5, 5.41) is 6.22. The molecule has 5 heteroatoms. The van der Waals surface area contributed by atoms with Gasteiger partial charge in [0.05, 0.1) is 16.4 Å². The number of anilines is 1. The van der Waals surface area contributed by atoms with Crippen molar-refractivity contribution in [3.05, 3.63) is 58.3 Å². The van der Waals surface area contributed by atoms with E-state index in [2.05, 4.69) is 32.8 Å². The highest BCUT2D eigenvalue weighted by atomic mass is 32.1. The first-order valence-electron chi connectivity index (χ1n) is 6.77. The second-order valence-electron chi connectivity index (χ2n) is 4.71. The second kappa shape index (κ2) is 6.01. The predicted octanol–water partition coefficient (Wildman–Crippen LogP) is 3.54. The number of aryl methyl sites for hydroxylation is 1. The van der Waals surface area contributed by atoms with Gasteiger partial charge < -0.3 is 5.32 Å². The topological polar surface area (TPSA) is 50.7 Å². The van der Waals surface area contributed by atoms with Crippen LogP contribution >= 0.6 is 11.3 Å². The summed E-state index contributed by atoms with van der Waals surface area (Å²) in [4.78, 5) is 13.5. The molecule has 21 heavy (non-hydrogen) atoms. The van der Waals surface area contributed by atoms with Gasteiger partial charge in [0, 0.05) is 30.5 Å². The summed E-state index contributed by atoms with van der Waals surface area (Å²) in [5.74, 6) is 1.62. The summed E-state index contributed by atoms with van der Waals surface area (Å²) in [7, 11) is 1.86. The molecule has 106 valence electrons. The molecule has 0 saturated carbocycles. The van der Waals surface area contributed by atoms with Crippen molar-refractivity contribution >= 4 is 17.2 Å². The quantitative estimate of drug-likeness (QED) is 0.800. The summed E-state index contributed by atoms with van der Waals surface area (Å²) in [6, 6.07) is 12.2. The molecule has 0 aliphatic rings. The minimum atomic E-state index is 0.732. The number of hydrogen-bond acceptors (Lipinski definition) is 5. The van der Waals surface area contributed by atoms with Crippen LogP contribution < -0.4 is 5.32 Å². The molecule has 2 heterocycles. The van der Waals surface area contributed by atoms with Crippen molar-refractivity contribution in [2.45, 2.75) is 13.3 Å². The molecule has 2 aromatic heterocycles. The summed E-state index contributed by atoms with van der Waals surface area (Å²) < 4.78 is 0. The molecular formula is C16H16N4S. The maximum atomic E-state index is 4.70.